The molecule has 0 aliphatic carbocycles. The number of aromatic hydroxyl groups is 1. The van der Waals surface area contributed by atoms with E-state index in [1.54, 1.807) is 13.8 Å². The van der Waals surface area contributed by atoms with Gasteiger partial charge in [-0.15, -0.1) is 0 Å². The van der Waals surface area contributed by atoms with E-state index in [1.165, 1.54) is 42.3 Å². The highest BCUT2D eigenvalue weighted by Crippen LogP contribution is 2.36. The third kappa shape index (κ3) is 3.68. The second-order valence-electron chi connectivity index (χ2n) is 6.76. The molecule has 0 saturated carbocycles. The van der Waals surface area contributed by atoms with Crippen LogP contribution in [0.4, 0.5) is 4.39 Å². The quantitative estimate of drug-likeness (QED) is 0.600. The Kier molecular flexibility index (Phi) is 5.67. The van der Waals surface area contributed by atoms with E-state index in [1.807, 2.05) is 0 Å². The number of benzene rings is 2. The maximum atomic E-state index is 14.8. The SMILES string of the molecule is CCn1ncc(C(=O)c2ccc(S(C)(=O)=O)c(-c3ccc(OC)cc3F)c2C)c1O. The summed E-state index contributed by atoms with van der Waals surface area (Å²) in [4.78, 5) is 13.0. The highest BCUT2D eigenvalue weighted by molar-refractivity contribution is 7.90. The third-order valence-electron chi connectivity index (χ3n) is 4.87. The Morgan fingerprint density at radius 3 is 2.47 bits per heavy atom. The summed E-state index contributed by atoms with van der Waals surface area (Å²) in [5.41, 5.74) is 0.505. The van der Waals surface area contributed by atoms with Crippen LogP contribution in [0.3, 0.4) is 0 Å². The van der Waals surface area contributed by atoms with Crippen LogP contribution < -0.4 is 4.74 Å². The van der Waals surface area contributed by atoms with E-state index in [0.29, 0.717) is 6.54 Å². The molecule has 2 aromatic carbocycles. The summed E-state index contributed by atoms with van der Waals surface area (Å²) in [5, 5.41) is 14.2. The number of hydrogen-bond acceptors (Lipinski definition) is 6. The predicted octanol–water partition coefficient (Wildman–Crippen LogP) is 3.37. The molecule has 0 aliphatic rings. The molecule has 30 heavy (non-hydrogen) atoms. The van der Waals surface area contributed by atoms with Crippen molar-refractivity contribution in [3.05, 3.63) is 59.0 Å². The smallest absolute Gasteiger partial charge is 0.220 e. The van der Waals surface area contributed by atoms with Gasteiger partial charge in [-0.2, -0.15) is 5.10 Å². The van der Waals surface area contributed by atoms with Crippen LogP contribution in [-0.4, -0.2) is 42.5 Å². The number of nitrogens with zero attached hydrogens (tertiary/aromatic N) is 2. The standard InChI is InChI=1S/C21H21FN2O5S/c1-5-24-21(26)16(11-23-24)20(25)14-8-9-18(30(4,27)28)19(12(14)2)15-7-6-13(29-3)10-17(15)22/h6-11,26H,5H2,1-4H3. The largest absolute Gasteiger partial charge is 0.497 e. The maximum Gasteiger partial charge on any atom is 0.220 e. The van der Waals surface area contributed by atoms with Crippen LogP contribution in [0.5, 0.6) is 11.6 Å². The molecular weight excluding hydrogens is 411 g/mol. The van der Waals surface area contributed by atoms with Gasteiger partial charge in [0.25, 0.3) is 0 Å². The lowest BCUT2D eigenvalue weighted by Gasteiger charge is -2.16. The van der Waals surface area contributed by atoms with E-state index in [2.05, 4.69) is 5.10 Å². The van der Waals surface area contributed by atoms with E-state index in [4.69, 9.17) is 4.74 Å². The lowest BCUT2D eigenvalue weighted by Crippen LogP contribution is -2.09. The van der Waals surface area contributed by atoms with Crippen molar-refractivity contribution in [2.75, 3.05) is 13.4 Å². The van der Waals surface area contributed by atoms with Crippen LogP contribution in [-0.2, 0) is 16.4 Å². The van der Waals surface area contributed by atoms with Crippen molar-refractivity contribution in [1.29, 1.82) is 0 Å². The van der Waals surface area contributed by atoms with Gasteiger partial charge in [0, 0.05) is 35.6 Å². The minimum atomic E-state index is -3.73. The third-order valence-corrected chi connectivity index (χ3v) is 6.01. The summed E-state index contributed by atoms with van der Waals surface area (Å²) in [6, 6.07) is 6.70. The van der Waals surface area contributed by atoms with Gasteiger partial charge < -0.3 is 9.84 Å². The molecule has 158 valence electrons. The molecule has 1 N–H and O–H groups in total. The fraction of sp³-hybridized carbons (Fsp3) is 0.238. The Hall–Kier alpha value is -3.20. The number of halogens is 1. The Morgan fingerprint density at radius 2 is 1.93 bits per heavy atom. The number of aryl methyl sites for hydroxylation is 1. The first-order chi connectivity index (χ1) is 14.1. The maximum absolute atomic E-state index is 14.8. The molecule has 1 heterocycles. The van der Waals surface area contributed by atoms with Crippen LogP contribution in [0, 0.1) is 12.7 Å². The monoisotopic (exact) mass is 432 g/mol. The first-order valence-electron chi connectivity index (χ1n) is 9.07. The molecule has 9 heteroatoms. The molecule has 1 aromatic heterocycles. The second kappa shape index (κ2) is 7.91. The molecule has 0 atom stereocenters. The fourth-order valence-electron chi connectivity index (χ4n) is 3.32. The zero-order valence-electron chi connectivity index (χ0n) is 16.9. The average Bonchev–Trinajstić information content (AvgIpc) is 3.07. The van der Waals surface area contributed by atoms with Crippen molar-refractivity contribution in [3.8, 4) is 22.8 Å². The Labute approximate surface area is 173 Å². The molecule has 7 nitrogen and oxygen atoms in total. The summed E-state index contributed by atoms with van der Waals surface area (Å²) in [5.74, 6) is -1.24. The summed E-state index contributed by atoms with van der Waals surface area (Å²) in [6.45, 7) is 3.67. The number of rotatable bonds is 6. The second-order valence-corrected chi connectivity index (χ2v) is 8.74. The van der Waals surface area contributed by atoms with Crippen LogP contribution >= 0.6 is 0 Å². The molecule has 0 radical (unpaired) electrons. The van der Waals surface area contributed by atoms with Crippen molar-refractivity contribution in [3.63, 3.8) is 0 Å². The number of hydrogen-bond donors (Lipinski definition) is 1. The number of carbonyl (C=O) groups excluding carboxylic acids is 1. The molecule has 0 saturated heterocycles. The molecular formula is C21H21FN2O5S. The van der Waals surface area contributed by atoms with Gasteiger partial charge in [0.2, 0.25) is 5.88 Å². The van der Waals surface area contributed by atoms with Gasteiger partial charge in [-0.1, -0.05) is 0 Å². The average molecular weight is 432 g/mol. The first kappa shape index (κ1) is 21.5. The zero-order valence-corrected chi connectivity index (χ0v) is 17.7. The number of methoxy groups -OCH3 is 1. The van der Waals surface area contributed by atoms with Crippen molar-refractivity contribution >= 4 is 15.6 Å². The van der Waals surface area contributed by atoms with E-state index in [-0.39, 0.29) is 44.3 Å². The Morgan fingerprint density at radius 1 is 1.23 bits per heavy atom. The van der Waals surface area contributed by atoms with Crippen molar-refractivity contribution in [2.45, 2.75) is 25.3 Å². The molecule has 3 rings (SSSR count). The number of sulfone groups is 1. The Balaban J connectivity index is 2.28. The van der Waals surface area contributed by atoms with E-state index >= 15 is 0 Å². The summed E-state index contributed by atoms with van der Waals surface area (Å²) < 4.78 is 45.8. The van der Waals surface area contributed by atoms with Gasteiger partial charge in [-0.05, 0) is 43.7 Å². The summed E-state index contributed by atoms with van der Waals surface area (Å²) >= 11 is 0. The highest BCUT2D eigenvalue weighted by atomic mass is 32.2. The molecule has 3 aromatic rings. The lowest BCUT2D eigenvalue weighted by atomic mass is 9.92. The first-order valence-corrected chi connectivity index (χ1v) is 11.0. The number of ether oxygens (including phenoxy) is 1. The van der Waals surface area contributed by atoms with Gasteiger partial charge in [-0.3, -0.25) is 4.79 Å². The lowest BCUT2D eigenvalue weighted by molar-refractivity contribution is 0.103. The molecule has 0 aliphatic heterocycles. The van der Waals surface area contributed by atoms with Crippen molar-refractivity contribution < 1.29 is 27.4 Å². The van der Waals surface area contributed by atoms with Gasteiger partial charge in [0.05, 0.1) is 18.2 Å². The minimum Gasteiger partial charge on any atom is -0.497 e. The van der Waals surface area contributed by atoms with E-state index in [0.717, 1.165) is 12.3 Å². The van der Waals surface area contributed by atoms with Gasteiger partial charge >= 0.3 is 0 Å². The molecule has 0 spiro atoms. The van der Waals surface area contributed by atoms with Gasteiger partial charge in [0.1, 0.15) is 17.1 Å². The number of carbonyl (C=O) groups is 1. The predicted molar refractivity (Wildman–Crippen MR) is 109 cm³/mol. The molecule has 0 fully saturated rings. The molecule has 0 amide bonds. The normalized spacial score (nSPS) is 11.5. The van der Waals surface area contributed by atoms with Crippen LogP contribution in [0.15, 0.2) is 41.4 Å². The van der Waals surface area contributed by atoms with Gasteiger partial charge in [0.15, 0.2) is 15.6 Å². The number of aromatic nitrogens is 2. The summed E-state index contributed by atoms with van der Waals surface area (Å²) in [7, 11) is -2.33. The van der Waals surface area contributed by atoms with Crippen LogP contribution in [0.25, 0.3) is 11.1 Å². The number of ketones is 1. The van der Waals surface area contributed by atoms with Crippen molar-refractivity contribution in [2.24, 2.45) is 0 Å². The Bertz CT molecular complexity index is 1250. The van der Waals surface area contributed by atoms with Crippen molar-refractivity contribution in [1.82, 2.24) is 9.78 Å². The fourth-order valence-corrected chi connectivity index (χ4v) is 4.27. The van der Waals surface area contributed by atoms with Crippen LogP contribution in [0.1, 0.15) is 28.4 Å². The molecule has 0 bridgehead atoms. The highest BCUT2D eigenvalue weighted by Gasteiger charge is 2.26. The molecule has 0 unspecified atom stereocenters. The zero-order chi connectivity index (χ0) is 22.2. The topological polar surface area (TPSA) is 98.5 Å². The van der Waals surface area contributed by atoms with E-state index in [9.17, 15) is 22.7 Å². The van der Waals surface area contributed by atoms with E-state index < -0.39 is 21.4 Å². The summed E-state index contributed by atoms with van der Waals surface area (Å²) in [6.07, 6.45) is 2.27. The van der Waals surface area contributed by atoms with Crippen LogP contribution in [0.2, 0.25) is 0 Å². The minimum absolute atomic E-state index is 0.0202. The van der Waals surface area contributed by atoms with Gasteiger partial charge in [-0.25, -0.2) is 17.5 Å².